The van der Waals surface area contributed by atoms with Crippen LogP contribution in [0.2, 0.25) is 0 Å². The third kappa shape index (κ3) is 5.78. The highest BCUT2D eigenvalue weighted by Gasteiger charge is 2.42. The number of fused-ring (bicyclic) bond motifs is 1. The van der Waals surface area contributed by atoms with Gasteiger partial charge < -0.3 is 21.1 Å². The first-order valence-corrected chi connectivity index (χ1v) is 12.3. The molecule has 0 aromatic heterocycles. The van der Waals surface area contributed by atoms with Gasteiger partial charge in [0.25, 0.3) is 0 Å². The van der Waals surface area contributed by atoms with Crippen LogP contribution in [0, 0.1) is 7.14 Å². The van der Waals surface area contributed by atoms with Gasteiger partial charge in [0.15, 0.2) is 0 Å². The van der Waals surface area contributed by atoms with Gasteiger partial charge in [0.1, 0.15) is 5.75 Å². The van der Waals surface area contributed by atoms with Gasteiger partial charge in [-0.2, -0.15) is 11.8 Å². The molecular formula is C18H23I2N3O3S. The van der Waals surface area contributed by atoms with Gasteiger partial charge in [-0.3, -0.25) is 4.79 Å². The van der Waals surface area contributed by atoms with Crippen molar-refractivity contribution in [2.45, 2.75) is 49.4 Å². The lowest BCUT2D eigenvalue weighted by atomic mass is 10.0. The minimum absolute atomic E-state index is 0.0484. The van der Waals surface area contributed by atoms with Crippen molar-refractivity contribution >= 4 is 68.9 Å². The lowest BCUT2D eigenvalue weighted by Crippen LogP contribution is -2.36. The van der Waals surface area contributed by atoms with Crippen LogP contribution in [0.4, 0.5) is 4.79 Å². The Kier molecular flexibility index (Phi) is 7.77. The fourth-order valence-electron chi connectivity index (χ4n) is 3.47. The van der Waals surface area contributed by atoms with Crippen LogP contribution >= 0.6 is 56.9 Å². The second-order valence-corrected chi connectivity index (χ2v) is 10.5. The topological polar surface area (TPSA) is 90.5 Å². The molecule has 0 radical (unpaired) electrons. The zero-order valence-corrected chi connectivity index (χ0v) is 19.9. The molecule has 27 heavy (non-hydrogen) atoms. The smallest absolute Gasteiger partial charge is 0.315 e. The van der Waals surface area contributed by atoms with E-state index in [0.29, 0.717) is 24.0 Å². The van der Waals surface area contributed by atoms with E-state index in [4.69, 9.17) is 0 Å². The molecule has 3 amide bonds. The van der Waals surface area contributed by atoms with Crippen molar-refractivity contribution < 1.29 is 14.7 Å². The molecule has 1 aromatic carbocycles. The van der Waals surface area contributed by atoms with Crippen LogP contribution < -0.4 is 16.0 Å². The highest BCUT2D eigenvalue weighted by Crippen LogP contribution is 2.33. The minimum Gasteiger partial charge on any atom is -0.506 e. The highest BCUT2D eigenvalue weighted by molar-refractivity contribution is 14.1. The maximum absolute atomic E-state index is 12.0. The average molecular weight is 615 g/mol. The van der Waals surface area contributed by atoms with Crippen molar-refractivity contribution in [3.8, 4) is 5.75 Å². The lowest BCUT2D eigenvalue weighted by molar-refractivity contribution is -0.121. The molecule has 1 aromatic rings. The van der Waals surface area contributed by atoms with E-state index in [1.807, 2.05) is 23.9 Å². The molecule has 0 spiro atoms. The Morgan fingerprint density at radius 1 is 1.26 bits per heavy atom. The van der Waals surface area contributed by atoms with Crippen molar-refractivity contribution in [2.75, 3.05) is 12.3 Å². The van der Waals surface area contributed by atoms with Gasteiger partial charge in [-0.05, 0) is 82.1 Å². The Bertz CT molecular complexity index is 696. The molecule has 0 bridgehead atoms. The van der Waals surface area contributed by atoms with E-state index >= 15 is 0 Å². The zero-order chi connectivity index (χ0) is 19.4. The van der Waals surface area contributed by atoms with Crippen LogP contribution in [0.5, 0.6) is 5.75 Å². The Balaban J connectivity index is 1.30. The molecule has 4 N–H and O–H groups in total. The van der Waals surface area contributed by atoms with E-state index in [1.54, 1.807) is 0 Å². The first-order valence-electron chi connectivity index (χ1n) is 9.06. The average Bonchev–Trinajstić information content (AvgIpc) is 3.16. The van der Waals surface area contributed by atoms with Crippen LogP contribution in [0.1, 0.15) is 31.2 Å². The van der Waals surface area contributed by atoms with Crippen molar-refractivity contribution in [2.24, 2.45) is 0 Å². The first-order chi connectivity index (χ1) is 12.9. The quantitative estimate of drug-likeness (QED) is 0.206. The van der Waals surface area contributed by atoms with E-state index < -0.39 is 0 Å². The summed E-state index contributed by atoms with van der Waals surface area (Å²) in [7, 11) is 0. The third-order valence-corrected chi connectivity index (χ3v) is 8.05. The molecule has 0 saturated carbocycles. The number of benzene rings is 1. The fraction of sp³-hybridized carbons (Fsp3) is 0.556. The van der Waals surface area contributed by atoms with Crippen molar-refractivity contribution in [1.29, 1.82) is 0 Å². The van der Waals surface area contributed by atoms with E-state index in [9.17, 15) is 14.7 Å². The molecule has 2 heterocycles. The number of urea groups is 1. The Labute approximate surface area is 190 Å². The van der Waals surface area contributed by atoms with Gasteiger partial charge in [-0.15, -0.1) is 0 Å². The minimum atomic E-state index is -0.0484. The molecule has 2 aliphatic rings. The van der Waals surface area contributed by atoms with Crippen LogP contribution in [0.25, 0.3) is 0 Å². The number of amides is 3. The highest BCUT2D eigenvalue weighted by atomic mass is 127. The van der Waals surface area contributed by atoms with Gasteiger partial charge in [0.2, 0.25) is 5.91 Å². The van der Waals surface area contributed by atoms with E-state index in [-0.39, 0.29) is 24.0 Å². The molecule has 2 saturated heterocycles. The summed E-state index contributed by atoms with van der Waals surface area (Å²) in [6.45, 7) is 0.607. The number of hydrogen-bond acceptors (Lipinski definition) is 4. The number of thioether (sulfide) groups is 1. The van der Waals surface area contributed by atoms with Gasteiger partial charge in [-0.1, -0.05) is 6.42 Å². The van der Waals surface area contributed by atoms with E-state index in [2.05, 4.69) is 61.1 Å². The summed E-state index contributed by atoms with van der Waals surface area (Å²) in [6.07, 6.45) is 4.20. The van der Waals surface area contributed by atoms with Crippen molar-refractivity contribution in [3.05, 3.63) is 24.8 Å². The number of halogens is 2. The Morgan fingerprint density at radius 2 is 2.00 bits per heavy atom. The Hall–Kier alpha value is -0.430. The largest absolute Gasteiger partial charge is 0.506 e. The number of unbranched alkanes of at least 4 members (excludes halogenated alkanes) is 1. The number of rotatable bonds is 8. The van der Waals surface area contributed by atoms with Gasteiger partial charge in [-0.25, -0.2) is 4.79 Å². The standard InChI is InChI=1S/C18H23I2N3O3S/c19-11-7-10(8-12(20)17(11)25)5-6-21-15(24)4-2-1-3-14-16-13(9-27-14)22-18(26)23-16/h7-8,13-14,16,25H,1-6,9H2,(H,21,24)(H2,22,23,26)/t13-,14-,16-/m0/s1. The number of nitrogens with one attached hydrogen (secondary N) is 3. The summed E-state index contributed by atoms with van der Waals surface area (Å²) in [5, 5.41) is 19.2. The second-order valence-electron chi connectivity index (χ2n) is 6.88. The van der Waals surface area contributed by atoms with E-state index in [0.717, 1.165) is 44.1 Å². The zero-order valence-electron chi connectivity index (χ0n) is 14.8. The van der Waals surface area contributed by atoms with Crippen molar-refractivity contribution in [3.63, 3.8) is 0 Å². The van der Waals surface area contributed by atoms with Crippen LogP contribution in [-0.4, -0.2) is 46.7 Å². The molecule has 148 valence electrons. The molecular weight excluding hydrogens is 592 g/mol. The molecule has 2 fully saturated rings. The lowest BCUT2D eigenvalue weighted by Gasteiger charge is -2.16. The summed E-state index contributed by atoms with van der Waals surface area (Å²) in [5.41, 5.74) is 1.11. The molecule has 3 rings (SSSR count). The molecule has 6 nitrogen and oxygen atoms in total. The molecule has 0 unspecified atom stereocenters. The summed E-state index contributed by atoms with van der Waals surface area (Å²) >= 11 is 6.15. The Morgan fingerprint density at radius 3 is 2.74 bits per heavy atom. The maximum atomic E-state index is 12.0. The summed E-state index contributed by atoms with van der Waals surface area (Å²) < 4.78 is 1.67. The number of carbonyl (C=O) groups is 2. The summed E-state index contributed by atoms with van der Waals surface area (Å²) in [5.74, 6) is 1.39. The van der Waals surface area contributed by atoms with Gasteiger partial charge >= 0.3 is 6.03 Å². The maximum Gasteiger partial charge on any atom is 0.315 e. The molecule has 0 aliphatic carbocycles. The third-order valence-electron chi connectivity index (χ3n) is 4.89. The predicted octanol–water partition coefficient (Wildman–Crippen LogP) is 2.99. The number of phenols is 1. The fourth-order valence-corrected chi connectivity index (χ4v) is 6.91. The summed E-state index contributed by atoms with van der Waals surface area (Å²) in [4.78, 5) is 23.4. The summed E-state index contributed by atoms with van der Waals surface area (Å²) in [6, 6.07) is 4.36. The SMILES string of the molecule is O=C(CCCC[C@@H]1SC[C@@H]2NC(=O)N[C@@H]21)NCCc1cc(I)c(O)c(I)c1. The molecule has 3 atom stereocenters. The number of carbonyl (C=O) groups excluding carboxylic acids is 2. The number of aromatic hydroxyl groups is 1. The van der Waals surface area contributed by atoms with Crippen molar-refractivity contribution in [1.82, 2.24) is 16.0 Å². The van der Waals surface area contributed by atoms with Gasteiger partial charge in [0, 0.05) is 24.0 Å². The predicted molar refractivity (Wildman–Crippen MR) is 124 cm³/mol. The van der Waals surface area contributed by atoms with E-state index in [1.165, 1.54) is 0 Å². The second kappa shape index (κ2) is 9.86. The molecule has 9 heteroatoms. The van der Waals surface area contributed by atoms with Gasteiger partial charge in [0.05, 0.1) is 19.2 Å². The van der Waals surface area contributed by atoms with Crippen LogP contribution in [-0.2, 0) is 11.2 Å². The molecule has 2 aliphatic heterocycles. The van der Waals surface area contributed by atoms with Crippen LogP contribution in [0.15, 0.2) is 12.1 Å². The normalized spacial score (nSPS) is 23.6. The monoisotopic (exact) mass is 615 g/mol. The number of hydrogen-bond donors (Lipinski definition) is 4. The first kappa shape index (κ1) is 21.3. The van der Waals surface area contributed by atoms with Crippen LogP contribution in [0.3, 0.4) is 0 Å². The number of phenolic OH excluding ortho intramolecular Hbond substituents is 1.